The molecule has 2 aromatic rings. The van der Waals surface area contributed by atoms with Crippen LogP contribution < -0.4 is 0 Å². The van der Waals surface area contributed by atoms with Crippen molar-refractivity contribution in [3.05, 3.63) is 77.9 Å². The molecule has 1 heterocycles. The third kappa shape index (κ3) is 3.92. The van der Waals surface area contributed by atoms with E-state index < -0.39 is 0 Å². The third-order valence-electron chi connectivity index (χ3n) is 5.70. The summed E-state index contributed by atoms with van der Waals surface area (Å²) in [5.74, 6) is 0. The molecule has 2 atom stereocenters. The molecule has 2 nitrogen and oxygen atoms in total. The molecule has 2 aliphatic rings. The third-order valence-corrected chi connectivity index (χ3v) is 5.70. The number of hydroxylamine groups is 2. The first-order chi connectivity index (χ1) is 12.9. The molecule has 0 bridgehead atoms. The second-order valence-corrected chi connectivity index (χ2v) is 7.56. The fraction of sp³-hybridized carbons (Fsp3) is 0.417. The van der Waals surface area contributed by atoms with E-state index in [0.29, 0.717) is 6.04 Å². The molecule has 0 radical (unpaired) electrons. The van der Waals surface area contributed by atoms with E-state index in [1.807, 2.05) is 0 Å². The van der Waals surface area contributed by atoms with E-state index >= 15 is 0 Å². The molecule has 1 aliphatic heterocycles. The van der Waals surface area contributed by atoms with Crippen molar-refractivity contribution in [1.29, 1.82) is 0 Å². The van der Waals surface area contributed by atoms with Gasteiger partial charge >= 0.3 is 0 Å². The van der Waals surface area contributed by atoms with E-state index in [1.165, 1.54) is 43.2 Å². The number of unbranched alkanes of at least 4 members (excludes halogenated alkanes) is 1. The summed E-state index contributed by atoms with van der Waals surface area (Å²) in [7, 11) is 0. The fourth-order valence-corrected chi connectivity index (χ4v) is 4.25. The fourth-order valence-electron chi connectivity index (χ4n) is 4.25. The number of rotatable bonds is 7. The Morgan fingerprint density at radius 1 is 0.923 bits per heavy atom. The van der Waals surface area contributed by atoms with E-state index in [4.69, 9.17) is 4.84 Å². The highest BCUT2D eigenvalue weighted by atomic mass is 16.9. The number of hydrogen-bond acceptors (Lipinski definition) is 2. The molecule has 0 aromatic heterocycles. The van der Waals surface area contributed by atoms with Gasteiger partial charge in [-0.1, -0.05) is 92.1 Å². The highest BCUT2D eigenvalue weighted by Crippen LogP contribution is 2.52. The Morgan fingerprint density at radius 3 is 2.35 bits per heavy atom. The van der Waals surface area contributed by atoms with E-state index in [1.54, 1.807) is 0 Å². The number of allylic oxidation sites excluding steroid dienone is 1. The van der Waals surface area contributed by atoms with Crippen LogP contribution in [0.5, 0.6) is 0 Å². The minimum Gasteiger partial charge on any atom is -0.266 e. The van der Waals surface area contributed by atoms with Gasteiger partial charge in [0.2, 0.25) is 0 Å². The molecule has 1 aliphatic carbocycles. The van der Waals surface area contributed by atoms with Crippen LogP contribution in [0.15, 0.2) is 66.7 Å². The molecule has 0 N–H and O–H groups in total. The lowest BCUT2D eigenvalue weighted by molar-refractivity contribution is 0.119. The van der Waals surface area contributed by atoms with Crippen molar-refractivity contribution in [3.8, 4) is 0 Å². The van der Waals surface area contributed by atoms with Gasteiger partial charge in [-0.2, -0.15) is 0 Å². The Morgan fingerprint density at radius 2 is 1.62 bits per heavy atom. The van der Waals surface area contributed by atoms with Crippen LogP contribution in [0.25, 0.3) is 6.08 Å². The molecular weight excluding hydrogens is 318 g/mol. The van der Waals surface area contributed by atoms with Crippen LogP contribution in [0, 0.1) is 0 Å². The molecule has 1 saturated carbocycles. The molecule has 2 aromatic carbocycles. The summed E-state index contributed by atoms with van der Waals surface area (Å²) < 4.78 is 0. The SMILES string of the molecule is C(=C\c1ccccc1)/CCC[C@@]1(c2ccccc2)ON1C1CCCCC1. The van der Waals surface area contributed by atoms with Crippen LogP contribution in [0.4, 0.5) is 0 Å². The summed E-state index contributed by atoms with van der Waals surface area (Å²) in [6, 6.07) is 21.9. The van der Waals surface area contributed by atoms with Crippen molar-refractivity contribution >= 4 is 6.08 Å². The van der Waals surface area contributed by atoms with Crippen molar-refractivity contribution in [2.75, 3.05) is 0 Å². The lowest BCUT2D eigenvalue weighted by atomic mass is 9.92. The highest BCUT2D eigenvalue weighted by Gasteiger charge is 2.58. The number of nitrogens with zero attached hydrogens (tertiary/aromatic N) is 1. The van der Waals surface area contributed by atoms with Gasteiger partial charge in [0, 0.05) is 11.6 Å². The second-order valence-electron chi connectivity index (χ2n) is 7.56. The molecule has 0 amide bonds. The van der Waals surface area contributed by atoms with E-state index in [-0.39, 0.29) is 5.72 Å². The second kappa shape index (κ2) is 8.20. The van der Waals surface area contributed by atoms with Gasteiger partial charge in [0.25, 0.3) is 0 Å². The van der Waals surface area contributed by atoms with Crippen molar-refractivity contribution in [1.82, 2.24) is 5.06 Å². The van der Waals surface area contributed by atoms with Crippen LogP contribution in [0.3, 0.4) is 0 Å². The average molecular weight is 348 g/mol. The first-order valence-electron chi connectivity index (χ1n) is 10.1. The summed E-state index contributed by atoms with van der Waals surface area (Å²) in [4.78, 5) is 6.30. The molecule has 1 saturated heterocycles. The zero-order valence-corrected chi connectivity index (χ0v) is 15.5. The average Bonchev–Trinajstić information content (AvgIpc) is 3.46. The molecule has 4 rings (SSSR count). The summed E-state index contributed by atoms with van der Waals surface area (Å²) in [5.41, 5.74) is 2.42. The van der Waals surface area contributed by atoms with Gasteiger partial charge in [-0.25, -0.2) is 0 Å². The minimum atomic E-state index is -0.177. The Labute approximate surface area is 157 Å². The van der Waals surface area contributed by atoms with E-state index in [9.17, 15) is 0 Å². The van der Waals surface area contributed by atoms with Gasteiger partial charge in [-0.3, -0.25) is 4.84 Å². The zero-order chi connectivity index (χ0) is 17.7. The molecule has 2 fully saturated rings. The first-order valence-corrected chi connectivity index (χ1v) is 10.1. The Balaban J connectivity index is 1.38. The standard InChI is InChI=1S/C24H29NO/c1-5-13-21(14-6-1)15-7-4-12-20-24(22-16-8-2-9-17-22)25(26-24)23-18-10-3-11-19-23/h1-2,5-9,13-17,23H,3-4,10-12,18-20H2/b15-7+/t24-,25?/m0/s1. The van der Waals surface area contributed by atoms with Crippen LogP contribution in [0.1, 0.15) is 62.5 Å². The summed E-state index contributed by atoms with van der Waals surface area (Å²) >= 11 is 0. The summed E-state index contributed by atoms with van der Waals surface area (Å²) in [6.07, 6.45) is 14.4. The number of hydrogen-bond donors (Lipinski definition) is 0. The van der Waals surface area contributed by atoms with E-state index in [2.05, 4.69) is 77.9 Å². The molecule has 0 spiro atoms. The molecule has 1 unspecified atom stereocenters. The van der Waals surface area contributed by atoms with Gasteiger partial charge in [0.15, 0.2) is 5.72 Å². The van der Waals surface area contributed by atoms with Crippen molar-refractivity contribution in [2.24, 2.45) is 0 Å². The molecule has 26 heavy (non-hydrogen) atoms. The lowest BCUT2D eigenvalue weighted by Gasteiger charge is -2.23. The summed E-state index contributed by atoms with van der Waals surface area (Å²) in [6.45, 7) is 0. The first kappa shape index (κ1) is 17.5. The van der Waals surface area contributed by atoms with E-state index in [0.717, 1.165) is 19.3 Å². The maximum absolute atomic E-state index is 6.30. The highest BCUT2D eigenvalue weighted by molar-refractivity contribution is 5.48. The molecule has 136 valence electrons. The summed E-state index contributed by atoms with van der Waals surface area (Å²) in [5, 5.41) is 2.32. The van der Waals surface area contributed by atoms with Crippen molar-refractivity contribution in [2.45, 2.75) is 63.1 Å². The van der Waals surface area contributed by atoms with Crippen molar-refractivity contribution in [3.63, 3.8) is 0 Å². The normalized spacial score (nSPS) is 26.2. The predicted molar refractivity (Wildman–Crippen MR) is 107 cm³/mol. The van der Waals surface area contributed by atoms with Crippen LogP contribution in [-0.4, -0.2) is 11.1 Å². The van der Waals surface area contributed by atoms with Gasteiger partial charge in [-0.15, -0.1) is 5.06 Å². The zero-order valence-electron chi connectivity index (χ0n) is 15.5. The van der Waals surface area contributed by atoms with Gasteiger partial charge < -0.3 is 0 Å². The molecular formula is C24H29NO. The Bertz CT molecular complexity index is 706. The Hall–Kier alpha value is -1.90. The van der Waals surface area contributed by atoms with Crippen LogP contribution in [-0.2, 0) is 10.6 Å². The van der Waals surface area contributed by atoms with Crippen LogP contribution >= 0.6 is 0 Å². The minimum absolute atomic E-state index is 0.177. The largest absolute Gasteiger partial charge is 0.266 e. The predicted octanol–water partition coefficient (Wildman–Crippen LogP) is 6.30. The maximum Gasteiger partial charge on any atom is 0.190 e. The lowest BCUT2D eigenvalue weighted by Crippen LogP contribution is -2.28. The monoisotopic (exact) mass is 347 g/mol. The van der Waals surface area contributed by atoms with Crippen LogP contribution in [0.2, 0.25) is 0 Å². The van der Waals surface area contributed by atoms with Gasteiger partial charge in [0.05, 0.1) is 0 Å². The topological polar surface area (TPSA) is 15.5 Å². The van der Waals surface area contributed by atoms with Crippen molar-refractivity contribution < 1.29 is 4.84 Å². The van der Waals surface area contributed by atoms with Gasteiger partial charge in [0.1, 0.15) is 0 Å². The Kier molecular flexibility index (Phi) is 5.52. The maximum atomic E-state index is 6.30. The number of benzene rings is 2. The molecule has 2 heteroatoms. The quantitative estimate of drug-likeness (QED) is 0.431. The smallest absolute Gasteiger partial charge is 0.190 e. The van der Waals surface area contributed by atoms with Gasteiger partial charge in [-0.05, 0) is 37.7 Å².